The summed E-state index contributed by atoms with van der Waals surface area (Å²) in [5, 5.41) is 10.1. The van der Waals surface area contributed by atoms with Gasteiger partial charge in [0.25, 0.3) is 0 Å². The van der Waals surface area contributed by atoms with Crippen molar-refractivity contribution in [2.45, 2.75) is 296 Å². The highest BCUT2D eigenvalue weighted by molar-refractivity contribution is 5.69. The third-order valence-electron chi connectivity index (χ3n) is 11.3. The molecule has 0 aromatic carbocycles. The number of unbranched alkanes of at least 4 members (excludes halogenated alkanes) is 37. The van der Waals surface area contributed by atoms with E-state index >= 15 is 0 Å². The zero-order valence-corrected chi connectivity index (χ0v) is 35.5. The fraction of sp³-hybridized carbons (Fsp3) is 0.979. The number of rotatable bonds is 45. The smallest absolute Gasteiger partial charge is 0.305 e. The van der Waals surface area contributed by atoms with E-state index in [4.69, 9.17) is 4.74 Å². The third kappa shape index (κ3) is 45.5. The monoisotopic (exact) mass is 721 g/mol. The number of hydrogen-bond donors (Lipinski definition) is 1. The van der Waals surface area contributed by atoms with E-state index in [-0.39, 0.29) is 12.1 Å². The van der Waals surface area contributed by atoms with Gasteiger partial charge in [-0.15, -0.1) is 0 Å². The van der Waals surface area contributed by atoms with Crippen LogP contribution >= 0.6 is 0 Å². The second kappa shape index (κ2) is 45.6. The number of carbonyl (C=O) groups is 1. The van der Waals surface area contributed by atoms with Crippen LogP contribution in [0.15, 0.2) is 0 Å². The largest absolute Gasteiger partial charge is 0.466 e. The summed E-state index contributed by atoms with van der Waals surface area (Å²) in [5.74, 6) is 0.00766. The Kier molecular flexibility index (Phi) is 45.1. The number of aliphatic hydroxyl groups is 1. The molecule has 0 aromatic rings. The van der Waals surface area contributed by atoms with E-state index in [1.54, 1.807) is 0 Å². The Morgan fingerprint density at radius 1 is 0.353 bits per heavy atom. The molecule has 1 atom stereocenters. The molecule has 1 unspecified atom stereocenters. The Balaban J connectivity index is 3.16. The molecule has 0 radical (unpaired) electrons. The van der Waals surface area contributed by atoms with Gasteiger partial charge in [0.2, 0.25) is 0 Å². The number of carbonyl (C=O) groups excluding carboxylic acids is 1. The summed E-state index contributed by atoms with van der Waals surface area (Å²) in [6.45, 7) is 5.15. The SMILES string of the molecule is CCCCCCCCCCCCCCCCCCCCCCCCCCCCCCOC(=O)CCCCCCCCCCC(O)CCCCCC. The van der Waals surface area contributed by atoms with E-state index in [0.717, 1.165) is 32.1 Å². The number of aliphatic hydroxyl groups excluding tert-OH is 1. The summed E-state index contributed by atoms with van der Waals surface area (Å²) < 4.78 is 5.47. The predicted molar refractivity (Wildman–Crippen MR) is 227 cm³/mol. The van der Waals surface area contributed by atoms with Crippen LogP contribution in [0.3, 0.4) is 0 Å². The summed E-state index contributed by atoms with van der Waals surface area (Å²) in [6.07, 6.45) is 56.8. The predicted octanol–water partition coefficient (Wildman–Crippen LogP) is 16.7. The molecule has 0 aliphatic rings. The molecule has 0 aliphatic carbocycles. The molecular weight excluding hydrogens is 625 g/mol. The Hall–Kier alpha value is -0.570. The van der Waals surface area contributed by atoms with Gasteiger partial charge in [-0.3, -0.25) is 4.79 Å². The summed E-state index contributed by atoms with van der Waals surface area (Å²) in [6, 6.07) is 0. The van der Waals surface area contributed by atoms with Gasteiger partial charge in [-0.2, -0.15) is 0 Å². The zero-order chi connectivity index (χ0) is 37.0. The first-order chi connectivity index (χ1) is 25.2. The van der Waals surface area contributed by atoms with Gasteiger partial charge < -0.3 is 9.84 Å². The molecule has 0 rings (SSSR count). The Labute approximate surface area is 322 Å². The molecule has 0 amide bonds. The van der Waals surface area contributed by atoms with Crippen molar-refractivity contribution >= 4 is 5.97 Å². The van der Waals surface area contributed by atoms with E-state index < -0.39 is 0 Å². The molecule has 0 aromatic heterocycles. The highest BCUT2D eigenvalue weighted by Crippen LogP contribution is 2.17. The Morgan fingerprint density at radius 3 is 0.902 bits per heavy atom. The molecule has 3 nitrogen and oxygen atoms in total. The summed E-state index contributed by atoms with van der Waals surface area (Å²) >= 11 is 0. The van der Waals surface area contributed by atoms with Crippen molar-refractivity contribution in [2.24, 2.45) is 0 Å². The van der Waals surface area contributed by atoms with Gasteiger partial charge in [0.05, 0.1) is 12.7 Å². The molecule has 0 heterocycles. The van der Waals surface area contributed by atoms with Crippen LogP contribution in [-0.2, 0) is 9.53 Å². The topological polar surface area (TPSA) is 46.5 Å². The fourth-order valence-corrected chi connectivity index (χ4v) is 7.69. The second-order valence-corrected chi connectivity index (χ2v) is 16.6. The normalized spacial score (nSPS) is 12.1. The maximum atomic E-state index is 12.0. The van der Waals surface area contributed by atoms with Crippen LogP contribution in [0.2, 0.25) is 0 Å². The average Bonchev–Trinajstić information content (AvgIpc) is 3.13. The summed E-state index contributed by atoms with van der Waals surface area (Å²) in [5.41, 5.74) is 0. The lowest BCUT2D eigenvalue weighted by atomic mass is 10.0. The minimum absolute atomic E-state index is 0.00766. The van der Waals surface area contributed by atoms with Crippen LogP contribution in [0.25, 0.3) is 0 Å². The maximum Gasteiger partial charge on any atom is 0.305 e. The number of ether oxygens (including phenoxy) is 1. The lowest BCUT2D eigenvalue weighted by Gasteiger charge is -2.10. The van der Waals surface area contributed by atoms with Gasteiger partial charge >= 0.3 is 5.97 Å². The average molecular weight is 721 g/mol. The molecular formula is C48H96O3. The first kappa shape index (κ1) is 50.4. The third-order valence-corrected chi connectivity index (χ3v) is 11.3. The first-order valence-corrected chi connectivity index (χ1v) is 24.0. The number of hydrogen-bond acceptors (Lipinski definition) is 3. The fourth-order valence-electron chi connectivity index (χ4n) is 7.69. The Bertz CT molecular complexity index is 634. The van der Waals surface area contributed by atoms with Crippen LogP contribution in [0.4, 0.5) is 0 Å². The molecule has 0 saturated carbocycles. The molecule has 1 N–H and O–H groups in total. The molecule has 0 bridgehead atoms. The quantitative estimate of drug-likeness (QED) is 0.0503. The minimum atomic E-state index is -0.0793. The standard InChI is InChI=1S/C48H96O3/c1-3-5-7-9-10-11-12-13-14-15-16-17-18-19-20-21-22-23-24-25-26-27-28-29-32-35-38-42-46-51-48(50)45-41-37-34-31-30-33-36-40-44-47(49)43-39-8-6-4-2/h47,49H,3-46H2,1-2H3. The van der Waals surface area contributed by atoms with E-state index in [1.165, 1.54) is 238 Å². The van der Waals surface area contributed by atoms with Gasteiger partial charge in [-0.25, -0.2) is 0 Å². The van der Waals surface area contributed by atoms with E-state index in [2.05, 4.69) is 13.8 Å². The molecule has 306 valence electrons. The lowest BCUT2D eigenvalue weighted by molar-refractivity contribution is -0.143. The highest BCUT2D eigenvalue weighted by atomic mass is 16.5. The molecule has 0 aliphatic heterocycles. The van der Waals surface area contributed by atoms with Crippen LogP contribution in [0, 0.1) is 0 Å². The lowest BCUT2D eigenvalue weighted by Crippen LogP contribution is -2.06. The van der Waals surface area contributed by atoms with E-state index in [1.807, 2.05) is 0 Å². The van der Waals surface area contributed by atoms with Crippen molar-refractivity contribution in [3.63, 3.8) is 0 Å². The van der Waals surface area contributed by atoms with Gasteiger partial charge in [0.1, 0.15) is 0 Å². The van der Waals surface area contributed by atoms with Crippen molar-refractivity contribution in [1.29, 1.82) is 0 Å². The highest BCUT2D eigenvalue weighted by Gasteiger charge is 2.05. The second-order valence-electron chi connectivity index (χ2n) is 16.6. The molecule has 0 saturated heterocycles. The molecule has 0 spiro atoms. The van der Waals surface area contributed by atoms with E-state index in [9.17, 15) is 9.90 Å². The number of esters is 1. The van der Waals surface area contributed by atoms with Crippen molar-refractivity contribution in [3.8, 4) is 0 Å². The first-order valence-electron chi connectivity index (χ1n) is 24.0. The van der Waals surface area contributed by atoms with E-state index in [0.29, 0.717) is 13.0 Å². The minimum Gasteiger partial charge on any atom is -0.466 e. The van der Waals surface area contributed by atoms with Crippen LogP contribution < -0.4 is 0 Å². The van der Waals surface area contributed by atoms with Gasteiger partial charge in [0.15, 0.2) is 0 Å². The maximum absolute atomic E-state index is 12.0. The van der Waals surface area contributed by atoms with Crippen molar-refractivity contribution < 1.29 is 14.6 Å². The van der Waals surface area contributed by atoms with Crippen molar-refractivity contribution in [2.75, 3.05) is 6.61 Å². The zero-order valence-electron chi connectivity index (χ0n) is 35.5. The molecule has 0 fully saturated rings. The van der Waals surface area contributed by atoms with Gasteiger partial charge in [-0.1, -0.05) is 258 Å². The van der Waals surface area contributed by atoms with Gasteiger partial charge in [0, 0.05) is 6.42 Å². The van der Waals surface area contributed by atoms with Crippen LogP contribution in [0.5, 0.6) is 0 Å². The van der Waals surface area contributed by atoms with Crippen LogP contribution in [-0.4, -0.2) is 23.8 Å². The summed E-state index contributed by atoms with van der Waals surface area (Å²) in [4.78, 5) is 12.0. The van der Waals surface area contributed by atoms with Gasteiger partial charge in [-0.05, 0) is 25.7 Å². The van der Waals surface area contributed by atoms with Crippen molar-refractivity contribution in [1.82, 2.24) is 0 Å². The summed E-state index contributed by atoms with van der Waals surface area (Å²) in [7, 11) is 0. The Morgan fingerprint density at radius 2 is 0.588 bits per heavy atom. The van der Waals surface area contributed by atoms with Crippen LogP contribution in [0.1, 0.15) is 290 Å². The molecule has 51 heavy (non-hydrogen) atoms. The molecule has 3 heteroatoms. The van der Waals surface area contributed by atoms with Crippen molar-refractivity contribution in [3.05, 3.63) is 0 Å².